The Morgan fingerprint density at radius 2 is 2.00 bits per heavy atom. The van der Waals surface area contributed by atoms with Gasteiger partial charge in [0.25, 0.3) is 0 Å². The summed E-state index contributed by atoms with van der Waals surface area (Å²) in [4.78, 5) is 18.1. The normalized spacial score (nSPS) is 10.9. The first-order valence-corrected chi connectivity index (χ1v) is 7.77. The Morgan fingerprint density at radius 1 is 1.38 bits per heavy atom. The molecule has 0 amide bonds. The Kier molecular flexibility index (Phi) is 4.85. The van der Waals surface area contributed by atoms with Gasteiger partial charge in [-0.1, -0.05) is 48.9 Å². The summed E-state index contributed by atoms with van der Waals surface area (Å²) in [5.74, 6) is -0.827. The van der Waals surface area contributed by atoms with Gasteiger partial charge in [0, 0.05) is 18.6 Å². The van der Waals surface area contributed by atoms with Crippen LogP contribution in [0.2, 0.25) is 5.02 Å². The Labute approximate surface area is 133 Å². The average Bonchev–Trinajstić information content (AvgIpc) is 2.87. The van der Waals surface area contributed by atoms with Crippen LogP contribution in [-0.2, 0) is 6.54 Å². The molecule has 1 heterocycles. The predicted molar refractivity (Wildman–Crippen MR) is 86.7 cm³/mol. The summed E-state index contributed by atoms with van der Waals surface area (Å²) in [6, 6.07) is 7.59. The number of carboxylic acids is 1. The van der Waals surface area contributed by atoms with Crippen LogP contribution in [0.5, 0.6) is 0 Å². The fraction of sp³-hybridized carbons (Fsp3) is 0.333. The van der Waals surface area contributed by atoms with Crippen LogP contribution in [0.3, 0.4) is 0 Å². The van der Waals surface area contributed by atoms with Gasteiger partial charge in [0.05, 0.1) is 5.69 Å². The molecule has 0 radical (unpaired) electrons. The molecule has 1 aromatic heterocycles. The number of hydrogen-bond donors (Lipinski definition) is 1. The molecule has 4 nitrogen and oxygen atoms in total. The SMILES string of the molecule is CC(C)c1nc(N(C)Cc2ccc(Cl)cc2)sc1C(=O)O. The van der Waals surface area contributed by atoms with Crippen molar-refractivity contribution < 1.29 is 9.90 Å². The van der Waals surface area contributed by atoms with Gasteiger partial charge in [-0.3, -0.25) is 0 Å². The third-order valence-electron chi connectivity index (χ3n) is 3.04. The minimum atomic E-state index is -0.914. The van der Waals surface area contributed by atoms with E-state index in [1.807, 2.05) is 50.1 Å². The molecule has 0 aliphatic heterocycles. The van der Waals surface area contributed by atoms with E-state index in [-0.39, 0.29) is 5.92 Å². The summed E-state index contributed by atoms with van der Waals surface area (Å²) < 4.78 is 0. The van der Waals surface area contributed by atoms with Crippen molar-refractivity contribution in [3.63, 3.8) is 0 Å². The summed E-state index contributed by atoms with van der Waals surface area (Å²) >= 11 is 7.09. The van der Waals surface area contributed by atoms with Gasteiger partial charge in [-0.15, -0.1) is 0 Å². The first-order valence-electron chi connectivity index (χ1n) is 6.58. The number of thiazole rings is 1. The Balaban J connectivity index is 2.23. The standard InChI is InChI=1S/C15H17ClN2O2S/c1-9(2)12-13(14(19)20)21-15(17-12)18(3)8-10-4-6-11(16)7-5-10/h4-7,9H,8H2,1-3H3,(H,19,20). The highest BCUT2D eigenvalue weighted by Crippen LogP contribution is 2.31. The summed E-state index contributed by atoms with van der Waals surface area (Å²) in [5, 5.41) is 10.7. The maximum absolute atomic E-state index is 11.3. The van der Waals surface area contributed by atoms with E-state index in [1.165, 1.54) is 11.3 Å². The van der Waals surface area contributed by atoms with Gasteiger partial charge in [-0.05, 0) is 23.6 Å². The van der Waals surface area contributed by atoms with Gasteiger partial charge in [-0.25, -0.2) is 9.78 Å². The van der Waals surface area contributed by atoms with Crippen LogP contribution >= 0.6 is 22.9 Å². The summed E-state index contributed by atoms with van der Waals surface area (Å²) in [6.07, 6.45) is 0. The largest absolute Gasteiger partial charge is 0.477 e. The summed E-state index contributed by atoms with van der Waals surface area (Å²) in [5.41, 5.74) is 1.74. The quantitative estimate of drug-likeness (QED) is 0.893. The first kappa shape index (κ1) is 15.8. The van der Waals surface area contributed by atoms with E-state index >= 15 is 0 Å². The molecule has 1 aromatic carbocycles. The van der Waals surface area contributed by atoms with E-state index in [0.717, 1.165) is 5.56 Å². The molecule has 0 unspecified atom stereocenters. The van der Waals surface area contributed by atoms with Crippen LogP contribution < -0.4 is 4.90 Å². The molecule has 0 saturated carbocycles. The number of carbonyl (C=O) groups is 1. The zero-order chi connectivity index (χ0) is 15.6. The first-order chi connectivity index (χ1) is 9.88. The molecule has 0 bridgehead atoms. The van der Waals surface area contributed by atoms with Crippen LogP contribution in [0, 0.1) is 0 Å². The third kappa shape index (κ3) is 3.74. The molecule has 1 N–H and O–H groups in total. The van der Waals surface area contributed by atoms with E-state index in [1.54, 1.807) is 0 Å². The molecule has 6 heteroatoms. The number of carboxylic acid groups (broad SMARTS) is 1. The molecule has 0 aliphatic carbocycles. The minimum Gasteiger partial charge on any atom is -0.477 e. The van der Waals surface area contributed by atoms with Crippen molar-refractivity contribution in [2.75, 3.05) is 11.9 Å². The van der Waals surface area contributed by atoms with Crippen molar-refractivity contribution in [1.29, 1.82) is 0 Å². The summed E-state index contributed by atoms with van der Waals surface area (Å²) in [6.45, 7) is 4.55. The second kappa shape index (κ2) is 6.45. The van der Waals surface area contributed by atoms with Gasteiger partial charge in [-0.2, -0.15) is 0 Å². The molecule has 2 aromatic rings. The molecule has 0 saturated heterocycles. The zero-order valence-electron chi connectivity index (χ0n) is 12.1. The number of hydrogen-bond acceptors (Lipinski definition) is 4. The molecule has 2 rings (SSSR count). The maximum Gasteiger partial charge on any atom is 0.347 e. The fourth-order valence-corrected chi connectivity index (χ4v) is 3.11. The number of anilines is 1. The second-order valence-corrected chi connectivity index (χ2v) is 6.57. The van der Waals surface area contributed by atoms with E-state index in [0.29, 0.717) is 27.3 Å². The molecule has 0 atom stereocenters. The predicted octanol–water partition coefficient (Wildman–Crippen LogP) is 4.25. The minimum absolute atomic E-state index is 0.0880. The van der Waals surface area contributed by atoms with Gasteiger partial charge in [0.1, 0.15) is 4.88 Å². The molecule has 0 fully saturated rings. The van der Waals surface area contributed by atoms with Crippen molar-refractivity contribution in [3.05, 3.63) is 45.4 Å². The van der Waals surface area contributed by atoms with E-state index in [2.05, 4.69) is 4.98 Å². The van der Waals surface area contributed by atoms with Crippen LogP contribution in [0.1, 0.15) is 40.7 Å². The number of aromatic carboxylic acids is 1. The lowest BCUT2D eigenvalue weighted by molar-refractivity contribution is 0.0700. The number of aromatic nitrogens is 1. The Morgan fingerprint density at radius 3 is 2.48 bits per heavy atom. The average molecular weight is 325 g/mol. The highest BCUT2D eigenvalue weighted by atomic mass is 35.5. The zero-order valence-corrected chi connectivity index (χ0v) is 13.7. The monoisotopic (exact) mass is 324 g/mol. The topological polar surface area (TPSA) is 53.4 Å². The van der Waals surface area contributed by atoms with E-state index in [4.69, 9.17) is 11.6 Å². The van der Waals surface area contributed by atoms with Crippen molar-refractivity contribution in [2.24, 2.45) is 0 Å². The maximum atomic E-state index is 11.3. The van der Waals surface area contributed by atoms with Crippen LogP contribution in [0.15, 0.2) is 24.3 Å². The smallest absolute Gasteiger partial charge is 0.347 e. The van der Waals surface area contributed by atoms with Crippen molar-refractivity contribution in [1.82, 2.24) is 4.98 Å². The number of halogens is 1. The number of nitrogens with zero attached hydrogens (tertiary/aromatic N) is 2. The summed E-state index contributed by atoms with van der Waals surface area (Å²) in [7, 11) is 1.91. The number of rotatable bonds is 5. The molecular formula is C15H17ClN2O2S. The molecular weight excluding hydrogens is 308 g/mol. The van der Waals surface area contributed by atoms with Gasteiger partial charge >= 0.3 is 5.97 Å². The Bertz CT molecular complexity index is 638. The van der Waals surface area contributed by atoms with Gasteiger partial charge in [0.2, 0.25) is 0 Å². The van der Waals surface area contributed by atoms with E-state index < -0.39 is 5.97 Å². The lowest BCUT2D eigenvalue weighted by atomic mass is 10.1. The lowest BCUT2D eigenvalue weighted by Crippen LogP contribution is -2.16. The van der Waals surface area contributed by atoms with Crippen molar-refractivity contribution in [3.8, 4) is 0 Å². The van der Waals surface area contributed by atoms with E-state index in [9.17, 15) is 9.90 Å². The van der Waals surface area contributed by atoms with Gasteiger partial charge < -0.3 is 10.0 Å². The molecule has 0 spiro atoms. The molecule has 21 heavy (non-hydrogen) atoms. The highest BCUT2D eigenvalue weighted by Gasteiger charge is 2.21. The molecule has 112 valence electrons. The van der Waals surface area contributed by atoms with Crippen LogP contribution in [-0.4, -0.2) is 23.1 Å². The Hall–Kier alpha value is -1.59. The number of benzene rings is 1. The highest BCUT2D eigenvalue weighted by molar-refractivity contribution is 7.17. The fourth-order valence-electron chi connectivity index (χ4n) is 1.96. The van der Waals surface area contributed by atoms with Crippen molar-refractivity contribution in [2.45, 2.75) is 26.3 Å². The molecule has 0 aliphatic rings. The van der Waals surface area contributed by atoms with Crippen LogP contribution in [0.4, 0.5) is 5.13 Å². The second-order valence-electron chi connectivity index (χ2n) is 5.15. The van der Waals surface area contributed by atoms with Crippen LogP contribution in [0.25, 0.3) is 0 Å². The van der Waals surface area contributed by atoms with Gasteiger partial charge in [0.15, 0.2) is 5.13 Å². The van der Waals surface area contributed by atoms with Crippen molar-refractivity contribution >= 4 is 34.0 Å². The lowest BCUT2D eigenvalue weighted by Gasteiger charge is -2.15. The third-order valence-corrected chi connectivity index (χ3v) is 4.47.